The van der Waals surface area contributed by atoms with Gasteiger partial charge in [0.1, 0.15) is 24.1 Å². The van der Waals surface area contributed by atoms with Gasteiger partial charge >= 0.3 is 0 Å². The maximum absolute atomic E-state index is 12.5. The minimum Gasteiger partial charge on any atom is -0.394 e. The molecule has 4 fully saturated rings. The molecule has 120 valence electrons. The second-order valence-electron chi connectivity index (χ2n) is 7.41. The number of rotatable bonds is 4. The van der Waals surface area contributed by atoms with Crippen molar-refractivity contribution < 1.29 is 25.2 Å². The highest BCUT2D eigenvalue weighted by Gasteiger charge is 2.63. The standard InChI is InChI=1S/C14H24N2O5/c1-13-4-15-6-14(2,12(13)21)7-16(5-13)11(15)10(20)9(19)8(18)3-17/h8-11,17-20H,3-7H2,1-2H3/t8-,9-,10-,11?,13?,14?/m0/s1. The summed E-state index contributed by atoms with van der Waals surface area (Å²) in [5.74, 6) is 0.284. The van der Waals surface area contributed by atoms with E-state index in [1.165, 1.54) is 0 Å². The van der Waals surface area contributed by atoms with Crippen LogP contribution in [-0.2, 0) is 4.79 Å². The van der Waals surface area contributed by atoms with Gasteiger partial charge in [-0.1, -0.05) is 13.8 Å². The van der Waals surface area contributed by atoms with Crippen molar-refractivity contribution in [1.82, 2.24) is 9.80 Å². The number of nitrogens with zero attached hydrogens (tertiary/aromatic N) is 2. The molecule has 0 aromatic rings. The van der Waals surface area contributed by atoms with E-state index in [4.69, 9.17) is 5.11 Å². The van der Waals surface area contributed by atoms with E-state index in [0.717, 1.165) is 0 Å². The van der Waals surface area contributed by atoms with Gasteiger partial charge in [-0.05, 0) is 0 Å². The molecule has 4 bridgehead atoms. The van der Waals surface area contributed by atoms with E-state index in [2.05, 4.69) is 0 Å². The summed E-state index contributed by atoms with van der Waals surface area (Å²) in [5.41, 5.74) is -0.857. The lowest BCUT2D eigenvalue weighted by Crippen LogP contribution is -2.80. The molecule has 0 aromatic heterocycles. The predicted octanol–water partition coefficient (Wildman–Crippen LogP) is -2.39. The Balaban J connectivity index is 1.84. The Morgan fingerprint density at radius 2 is 1.52 bits per heavy atom. The fourth-order valence-corrected chi connectivity index (χ4v) is 4.57. The van der Waals surface area contributed by atoms with Gasteiger partial charge in [-0.3, -0.25) is 14.6 Å². The zero-order valence-electron chi connectivity index (χ0n) is 12.4. The van der Waals surface area contributed by atoms with Crippen molar-refractivity contribution in [2.75, 3.05) is 32.8 Å². The molecule has 4 heterocycles. The Morgan fingerprint density at radius 1 is 1.10 bits per heavy atom. The monoisotopic (exact) mass is 300 g/mol. The molecule has 0 radical (unpaired) electrons. The molecule has 0 amide bonds. The highest BCUT2D eigenvalue weighted by Crippen LogP contribution is 2.48. The first-order valence-electron chi connectivity index (χ1n) is 7.40. The molecule has 3 atom stereocenters. The fourth-order valence-electron chi connectivity index (χ4n) is 4.57. The lowest BCUT2D eigenvalue weighted by Gasteiger charge is -2.65. The summed E-state index contributed by atoms with van der Waals surface area (Å²) in [6, 6.07) is 0. The molecule has 7 nitrogen and oxygen atoms in total. The molecular formula is C14H24N2O5. The zero-order valence-corrected chi connectivity index (χ0v) is 12.4. The molecule has 0 saturated carbocycles. The minimum atomic E-state index is -1.41. The Hall–Kier alpha value is -0.570. The third-order valence-corrected chi connectivity index (χ3v) is 5.29. The van der Waals surface area contributed by atoms with Crippen molar-refractivity contribution in [1.29, 1.82) is 0 Å². The zero-order chi connectivity index (χ0) is 15.6. The first kappa shape index (κ1) is 15.3. The van der Waals surface area contributed by atoms with Crippen molar-refractivity contribution in [2.24, 2.45) is 10.8 Å². The Bertz CT molecular complexity index is 417. The van der Waals surface area contributed by atoms with Crippen molar-refractivity contribution >= 4 is 5.78 Å². The second-order valence-corrected chi connectivity index (χ2v) is 7.41. The lowest BCUT2D eigenvalue weighted by atomic mass is 9.61. The summed E-state index contributed by atoms with van der Waals surface area (Å²) < 4.78 is 0. The first-order chi connectivity index (χ1) is 9.72. The predicted molar refractivity (Wildman–Crippen MR) is 73.3 cm³/mol. The number of carbonyl (C=O) groups is 1. The van der Waals surface area contributed by atoms with E-state index in [1.54, 1.807) is 0 Å². The van der Waals surface area contributed by atoms with Crippen LogP contribution in [0.1, 0.15) is 13.8 Å². The van der Waals surface area contributed by atoms with Gasteiger partial charge in [-0.15, -0.1) is 0 Å². The number of piperidine rings is 2. The van der Waals surface area contributed by atoms with Crippen LogP contribution in [0.3, 0.4) is 0 Å². The van der Waals surface area contributed by atoms with Crippen LogP contribution in [0.15, 0.2) is 0 Å². The van der Waals surface area contributed by atoms with Crippen molar-refractivity contribution in [3.63, 3.8) is 0 Å². The minimum absolute atomic E-state index is 0.284. The summed E-state index contributed by atoms with van der Waals surface area (Å²) in [4.78, 5) is 16.6. The molecule has 21 heavy (non-hydrogen) atoms. The van der Waals surface area contributed by atoms with Crippen molar-refractivity contribution in [2.45, 2.75) is 38.3 Å². The van der Waals surface area contributed by atoms with Crippen molar-refractivity contribution in [3.05, 3.63) is 0 Å². The molecule has 0 unspecified atom stereocenters. The molecule has 0 aromatic carbocycles. The van der Waals surface area contributed by atoms with E-state index < -0.39 is 41.9 Å². The van der Waals surface area contributed by atoms with Crippen LogP contribution in [0.25, 0.3) is 0 Å². The summed E-state index contributed by atoms with van der Waals surface area (Å²) >= 11 is 0. The SMILES string of the molecule is CC12CN3CC(C)(CN(C1)C3[C@@H](O)[C@@H](O)[C@@H](O)CO)C2=O. The van der Waals surface area contributed by atoms with E-state index in [-0.39, 0.29) is 5.78 Å². The van der Waals surface area contributed by atoms with Gasteiger partial charge in [-0.2, -0.15) is 0 Å². The number of aliphatic hydroxyl groups is 4. The summed E-state index contributed by atoms with van der Waals surface area (Å²) in [7, 11) is 0. The molecule has 0 spiro atoms. The van der Waals surface area contributed by atoms with E-state index in [0.29, 0.717) is 26.2 Å². The second kappa shape index (κ2) is 4.71. The topological polar surface area (TPSA) is 104 Å². The number of carbonyl (C=O) groups excluding carboxylic acids is 1. The Labute approximate surface area is 123 Å². The normalized spacial score (nSPS) is 49.2. The average Bonchev–Trinajstić information content (AvgIpc) is 2.41. The Morgan fingerprint density at radius 3 is 1.90 bits per heavy atom. The maximum Gasteiger partial charge on any atom is 0.149 e. The van der Waals surface area contributed by atoms with Crippen molar-refractivity contribution in [3.8, 4) is 0 Å². The van der Waals surface area contributed by atoms with Crippen LogP contribution < -0.4 is 0 Å². The van der Waals surface area contributed by atoms with Gasteiger partial charge in [0, 0.05) is 26.2 Å². The average molecular weight is 300 g/mol. The smallest absolute Gasteiger partial charge is 0.149 e. The third-order valence-electron chi connectivity index (χ3n) is 5.29. The van der Waals surface area contributed by atoms with Gasteiger partial charge in [0.2, 0.25) is 0 Å². The molecule has 4 N–H and O–H groups in total. The quantitative estimate of drug-likeness (QED) is 0.459. The highest BCUT2D eigenvalue weighted by atomic mass is 16.4. The maximum atomic E-state index is 12.5. The molecular weight excluding hydrogens is 276 g/mol. The molecule has 0 aliphatic carbocycles. The number of Topliss-reactive ketones (excluding diaryl/α,β-unsaturated/α-hetero) is 1. The van der Waals surface area contributed by atoms with Crippen LogP contribution in [0.2, 0.25) is 0 Å². The Kier molecular flexibility index (Phi) is 3.44. The summed E-state index contributed by atoms with van der Waals surface area (Å²) in [5, 5.41) is 38.8. The number of hydrogen-bond acceptors (Lipinski definition) is 7. The largest absolute Gasteiger partial charge is 0.394 e. The van der Waals surface area contributed by atoms with Crippen LogP contribution in [0.4, 0.5) is 0 Å². The molecule has 7 heteroatoms. The number of ketones is 1. The molecule has 4 aliphatic heterocycles. The lowest BCUT2D eigenvalue weighted by molar-refractivity contribution is -0.225. The van der Waals surface area contributed by atoms with Gasteiger partial charge in [0.25, 0.3) is 0 Å². The first-order valence-corrected chi connectivity index (χ1v) is 7.40. The van der Waals surface area contributed by atoms with Crippen LogP contribution >= 0.6 is 0 Å². The molecule has 4 rings (SSSR count). The van der Waals surface area contributed by atoms with Crippen LogP contribution in [0, 0.1) is 10.8 Å². The molecule has 4 saturated heterocycles. The van der Waals surface area contributed by atoms with Crippen LogP contribution in [-0.4, -0.2) is 93.3 Å². The third kappa shape index (κ3) is 2.07. The van der Waals surface area contributed by atoms with E-state index >= 15 is 0 Å². The van der Waals surface area contributed by atoms with E-state index in [1.807, 2.05) is 23.6 Å². The number of aliphatic hydroxyl groups excluding tert-OH is 4. The fraction of sp³-hybridized carbons (Fsp3) is 0.929. The van der Waals surface area contributed by atoms with Gasteiger partial charge in [0.15, 0.2) is 0 Å². The van der Waals surface area contributed by atoms with Gasteiger partial charge in [0.05, 0.1) is 23.6 Å². The molecule has 4 aliphatic rings. The summed E-state index contributed by atoms with van der Waals surface area (Å²) in [6.45, 7) is 5.53. The number of hydrogen-bond donors (Lipinski definition) is 4. The summed E-state index contributed by atoms with van der Waals surface area (Å²) in [6.07, 6.45) is -4.38. The highest BCUT2D eigenvalue weighted by molar-refractivity contribution is 5.92. The van der Waals surface area contributed by atoms with E-state index in [9.17, 15) is 20.1 Å². The van der Waals surface area contributed by atoms with Crippen LogP contribution in [0.5, 0.6) is 0 Å². The van der Waals surface area contributed by atoms with Gasteiger partial charge < -0.3 is 20.4 Å². The van der Waals surface area contributed by atoms with Gasteiger partial charge in [-0.25, -0.2) is 0 Å².